The van der Waals surface area contributed by atoms with Crippen molar-refractivity contribution in [2.45, 2.75) is 20.4 Å². The van der Waals surface area contributed by atoms with Gasteiger partial charge in [0.2, 0.25) is 5.91 Å². The molecular weight excluding hydrogens is 336 g/mol. The van der Waals surface area contributed by atoms with Gasteiger partial charge >= 0.3 is 0 Å². The van der Waals surface area contributed by atoms with Crippen LogP contribution in [-0.2, 0) is 11.3 Å². The van der Waals surface area contributed by atoms with E-state index in [4.69, 9.17) is 0 Å². The predicted octanol–water partition coefficient (Wildman–Crippen LogP) is 4.55. The van der Waals surface area contributed by atoms with Crippen molar-refractivity contribution >= 4 is 17.5 Å². The molecule has 3 aromatic carbocycles. The van der Waals surface area contributed by atoms with E-state index in [2.05, 4.69) is 47.9 Å². The third kappa shape index (κ3) is 5.05. The monoisotopic (exact) mass is 358 g/mol. The number of rotatable bonds is 5. The van der Waals surface area contributed by atoms with Gasteiger partial charge in [-0.2, -0.15) is 0 Å². The summed E-state index contributed by atoms with van der Waals surface area (Å²) in [7, 11) is 0. The van der Waals surface area contributed by atoms with Crippen LogP contribution in [0.1, 0.15) is 28.4 Å². The van der Waals surface area contributed by atoms with E-state index in [1.54, 1.807) is 24.3 Å². The lowest BCUT2D eigenvalue weighted by atomic mass is 10.0. The Hall–Kier alpha value is -3.40. The Morgan fingerprint density at radius 3 is 2.19 bits per heavy atom. The van der Waals surface area contributed by atoms with Gasteiger partial charge in [-0.15, -0.1) is 0 Å². The van der Waals surface area contributed by atoms with Crippen molar-refractivity contribution in [3.8, 4) is 11.1 Å². The fourth-order valence-electron chi connectivity index (χ4n) is 2.88. The van der Waals surface area contributed by atoms with Crippen LogP contribution in [0.2, 0.25) is 0 Å². The van der Waals surface area contributed by atoms with Gasteiger partial charge in [-0.3, -0.25) is 9.59 Å². The summed E-state index contributed by atoms with van der Waals surface area (Å²) in [5.41, 5.74) is 5.77. The second-order valence-electron chi connectivity index (χ2n) is 6.51. The van der Waals surface area contributed by atoms with Crippen molar-refractivity contribution in [1.29, 1.82) is 0 Å². The lowest BCUT2D eigenvalue weighted by Crippen LogP contribution is -2.22. The van der Waals surface area contributed by atoms with Crippen LogP contribution in [-0.4, -0.2) is 11.8 Å². The van der Waals surface area contributed by atoms with E-state index in [1.807, 2.05) is 18.2 Å². The molecule has 3 aromatic rings. The third-order valence-electron chi connectivity index (χ3n) is 4.20. The maximum absolute atomic E-state index is 12.4. The number of amides is 2. The van der Waals surface area contributed by atoms with Crippen LogP contribution in [0.5, 0.6) is 0 Å². The third-order valence-corrected chi connectivity index (χ3v) is 4.20. The van der Waals surface area contributed by atoms with Crippen LogP contribution >= 0.6 is 0 Å². The molecule has 0 aliphatic heterocycles. The molecule has 2 N–H and O–H groups in total. The van der Waals surface area contributed by atoms with Gasteiger partial charge in [0.05, 0.1) is 0 Å². The lowest BCUT2D eigenvalue weighted by Gasteiger charge is -2.09. The van der Waals surface area contributed by atoms with E-state index in [9.17, 15) is 9.59 Å². The maximum Gasteiger partial charge on any atom is 0.251 e. The van der Waals surface area contributed by atoms with E-state index >= 15 is 0 Å². The van der Waals surface area contributed by atoms with Gasteiger partial charge in [0, 0.05) is 24.7 Å². The maximum atomic E-state index is 12.4. The number of hydrogen-bond donors (Lipinski definition) is 2. The van der Waals surface area contributed by atoms with Crippen molar-refractivity contribution < 1.29 is 9.59 Å². The zero-order chi connectivity index (χ0) is 19.2. The molecule has 4 heteroatoms. The van der Waals surface area contributed by atoms with Crippen LogP contribution in [0, 0.1) is 6.92 Å². The van der Waals surface area contributed by atoms with E-state index in [1.165, 1.54) is 12.5 Å². The van der Waals surface area contributed by atoms with Gasteiger partial charge < -0.3 is 10.6 Å². The Morgan fingerprint density at radius 1 is 0.852 bits per heavy atom. The second-order valence-corrected chi connectivity index (χ2v) is 6.51. The Kier molecular flexibility index (Phi) is 5.67. The molecule has 27 heavy (non-hydrogen) atoms. The summed E-state index contributed by atoms with van der Waals surface area (Å²) in [6.07, 6.45) is 0. The topological polar surface area (TPSA) is 58.2 Å². The average molecular weight is 358 g/mol. The molecule has 0 aliphatic rings. The molecule has 2 amide bonds. The zero-order valence-electron chi connectivity index (χ0n) is 15.5. The molecule has 0 aliphatic carbocycles. The van der Waals surface area contributed by atoms with Gasteiger partial charge in [-0.1, -0.05) is 48.0 Å². The van der Waals surface area contributed by atoms with Crippen LogP contribution in [0.15, 0.2) is 72.8 Å². The van der Waals surface area contributed by atoms with Crippen LogP contribution < -0.4 is 10.6 Å². The number of aryl methyl sites for hydroxylation is 1. The van der Waals surface area contributed by atoms with Crippen LogP contribution in [0.4, 0.5) is 5.69 Å². The van der Waals surface area contributed by atoms with Crippen LogP contribution in [0.25, 0.3) is 11.1 Å². The highest BCUT2D eigenvalue weighted by molar-refractivity contribution is 5.95. The largest absolute Gasteiger partial charge is 0.348 e. The summed E-state index contributed by atoms with van der Waals surface area (Å²) in [6.45, 7) is 3.97. The number of carbonyl (C=O) groups is 2. The minimum atomic E-state index is -0.148. The number of carbonyl (C=O) groups excluding carboxylic acids is 2. The number of anilines is 1. The highest BCUT2D eigenvalue weighted by Crippen LogP contribution is 2.21. The average Bonchev–Trinajstić information content (AvgIpc) is 2.66. The summed E-state index contributed by atoms with van der Waals surface area (Å²) >= 11 is 0. The summed E-state index contributed by atoms with van der Waals surface area (Å²) in [6, 6.07) is 23.3. The quantitative estimate of drug-likeness (QED) is 0.703. The van der Waals surface area contributed by atoms with Crippen molar-refractivity contribution in [2.24, 2.45) is 0 Å². The predicted molar refractivity (Wildman–Crippen MR) is 109 cm³/mol. The van der Waals surface area contributed by atoms with Gasteiger partial charge in [-0.25, -0.2) is 0 Å². The number of benzene rings is 3. The Bertz CT molecular complexity index is 962. The molecule has 0 spiro atoms. The van der Waals surface area contributed by atoms with Gasteiger partial charge in [0.25, 0.3) is 5.91 Å². The standard InChI is InChI=1S/C23H22N2O2/c1-16-5-3-7-20(13-16)21-8-4-6-18(14-21)15-24-23(27)19-9-11-22(12-10-19)25-17(2)26/h3-14H,15H2,1-2H3,(H,24,27)(H,25,26). The smallest absolute Gasteiger partial charge is 0.251 e. The molecule has 0 unspecified atom stereocenters. The minimum Gasteiger partial charge on any atom is -0.348 e. The molecule has 136 valence electrons. The molecule has 0 saturated carbocycles. The molecule has 0 bridgehead atoms. The number of hydrogen-bond acceptors (Lipinski definition) is 2. The van der Waals surface area contributed by atoms with Gasteiger partial charge in [0.15, 0.2) is 0 Å². The first-order chi connectivity index (χ1) is 13.0. The van der Waals surface area contributed by atoms with E-state index < -0.39 is 0 Å². The molecule has 0 atom stereocenters. The highest BCUT2D eigenvalue weighted by atomic mass is 16.2. The fourth-order valence-corrected chi connectivity index (χ4v) is 2.88. The van der Waals surface area contributed by atoms with E-state index in [0.717, 1.165) is 16.7 Å². The first-order valence-electron chi connectivity index (χ1n) is 8.83. The first-order valence-corrected chi connectivity index (χ1v) is 8.83. The van der Waals surface area contributed by atoms with Gasteiger partial charge in [-0.05, 0) is 53.9 Å². The molecule has 0 aromatic heterocycles. The Labute approximate surface area is 159 Å². The van der Waals surface area contributed by atoms with Crippen molar-refractivity contribution in [2.75, 3.05) is 5.32 Å². The molecular formula is C23H22N2O2. The molecule has 0 fully saturated rings. The van der Waals surface area contributed by atoms with Gasteiger partial charge in [0.1, 0.15) is 0 Å². The molecule has 3 rings (SSSR count). The minimum absolute atomic E-state index is 0.138. The van der Waals surface area contributed by atoms with Crippen molar-refractivity contribution in [3.05, 3.63) is 89.5 Å². The zero-order valence-corrected chi connectivity index (χ0v) is 15.5. The highest BCUT2D eigenvalue weighted by Gasteiger charge is 2.06. The summed E-state index contributed by atoms with van der Waals surface area (Å²) in [4.78, 5) is 23.4. The SMILES string of the molecule is CC(=O)Nc1ccc(C(=O)NCc2cccc(-c3cccc(C)c3)c2)cc1. The summed E-state index contributed by atoms with van der Waals surface area (Å²) in [5, 5.41) is 5.62. The Balaban J connectivity index is 1.65. The molecule has 0 radical (unpaired) electrons. The Morgan fingerprint density at radius 2 is 1.52 bits per heavy atom. The van der Waals surface area contributed by atoms with Crippen LogP contribution in [0.3, 0.4) is 0 Å². The first kappa shape index (κ1) is 18.4. The second kappa shape index (κ2) is 8.32. The van der Waals surface area contributed by atoms with Crippen molar-refractivity contribution in [3.63, 3.8) is 0 Å². The summed E-state index contributed by atoms with van der Waals surface area (Å²) < 4.78 is 0. The van der Waals surface area contributed by atoms with Crippen molar-refractivity contribution in [1.82, 2.24) is 5.32 Å². The summed E-state index contributed by atoms with van der Waals surface area (Å²) in [5.74, 6) is -0.286. The lowest BCUT2D eigenvalue weighted by molar-refractivity contribution is -0.114. The van der Waals surface area contributed by atoms with E-state index in [-0.39, 0.29) is 11.8 Å². The fraction of sp³-hybridized carbons (Fsp3) is 0.130. The molecule has 0 heterocycles. The normalized spacial score (nSPS) is 10.3. The number of nitrogens with one attached hydrogen (secondary N) is 2. The molecule has 4 nitrogen and oxygen atoms in total. The molecule has 0 saturated heterocycles. The van der Waals surface area contributed by atoms with E-state index in [0.29, 0.717) is 17.8 Å².